The Hall–Kier alpha value is -0.950. The lowest BCUT2D eigenvalue weighted by atomic mass is 9.85. The summed E-state index contributed by atoms with van der Waals surface area (Å²) >= 11 is 0. The molecule has 0 aromatic rings. The first-order valence-corrected chi connectivity index (χ1v) is 10.0. The lowest BCUT2D eigenvalue weighted by molar-refractivity contribution is -0.201. The topological polar surface area (TPSA) is 107 Å². The number of hydrogen-bond acceptors (Lipinski definition) is 5. The van der Waals surface area contributed by atoms with Gasteiger partial charge in [0.25, 0.3) is 0 Å². The highest BCUT2D eigenvalue weighted by Gasteiger charge is 2.35. The fraction of sp³-hybridized carbons (Fsp3) is 0.850. The first-order chi connectivity index (χ1) is 12.4. The summed E-state index contributed by atoms with van der Waals surface area (Å²) in [6.07, 6.45) is 9.27. The van der Waals surface area contributed by atoms with E-state index in [2.05, 4.69) is 6.92 Å². The summed E-state index contributed by atoms with van der Waals surface area (Å²) < 4.78 is 5.57. The van der Waals surface area contributed by atoms with E-state index in [0.717, 1.165) is 44.9 Å². The lowest BCUT2D eigenvalue weighted by Gasteiger charge is -2.37. The van der Waals surface area contributed by atoms with E-state index in [1.54, 1.807) is 12.2 Å². The fourth-order valence-corrected chi connectivity index (χ4v) is 3.43. The van der Waals surface area contributed by atoms with Gasteiger partial charge >= 0.3 is 5.97 Å². The number of carbonyl (C=O) groups is 1. The minimum absolute atomic E-state index is 0.114. The molecular formula is C20H36O6. The molecule has 26 heavy (non-hydrogen) atoms. The number of carboxylic acid groups (broad SMARTS) is 1. The van der Waals surface area contributed by atoms with Crippen LogP contribution in [-0.4, -0.2) is 51.0 Å². The van der Waals surface area contributed by atoms with Crippen molar-refractivity contribution < 1.29 is 30.0 Å². The molecular weight excluding hydrogens is 336 g/mol. The zero-order valence-electron chi connectivity index (χ0n) is 15.9. The molecule has 0 aromatic carbocycles. The molecule has 1 aliphatic rings. The van der Waals surface area contributed by atoms with Gasteiger partial charge in [0.1, 0.15) is 0 Å². The van der Waals surface area contributed by atoms with Gasteiger partial charge in [0, 0.05) is 18.8 Å². The molecule has 1 heterocycles. The Labute approximate surface area is 156 Å². The third kappa shape index (κ3) is 9.67. The van der Waals surface area contributed by atoms with Crippen LogP contribution in [0.15, 0.2) is 12.2 Å². The molecule has 1 saturated heterocycles. The van der Waals surface area contributed by atoms with Crippen molar-refractivity contribution in [2.24, 2.45) is 5.92 Å². The van der Waals surface area contributed by atoms with Crippen molar-refractivity contribution in [3.63, 3.8) is 0 Å². The summed E-state index contributed by atoms with van der Waals surface area (Å²) in [6, 6.07) is 0. The number of aliphatic hydroxyl groups excluding tert-OH is 3. The number of carboxylic acids is 1. The maximum atomic E-state index is 10.5. The van der Waals surface area contributed by atoms with E-state index >= 15 is 0 Å². The van der Waals surface area contributed by atoms with Crippen molar-refractivity contribution >= 4 is 5.97 Å². The predicted octanol–water partition coefficient (Wildman–Crippen LogP) is 2.99. The molecule has 0 aromatic heterocycles. The van der Waals surface area contributed by atoms with Crippen LogP contribution in [0.25, 0.3) is 0 Å². The number of unbranched alkanes of at least 4 members (excludes halogenated alkanes) is 5. The van der Waals surface area contributed by atoms with Crippen LogP contribution in [0.2, 0.25) is 0 Å². The largest absolute Gasteiger partial charge is 0.481 e. The van der Waals surface area contributed by atoms with E-state index in [1.165, 1.54) is 0 Å². The van der Waals surface area contributed by atoms with Gasteiger partial charge in [-0.3, -0.25) is 4.79 Å². The minimum atomic E-state index is -0.983. The van der Waals surface area contributed by atoms with E-state index in [-0.39, 0.29) is 18.8 Å². The molecule has 1 aliphatic heterocycles. The van der Waals surface area contributed by atoms with Gasteiger partial charge in [-0.05, 0) is 19.3 Å². The third-order valence-corrected chi connectivity index (χ3v) is 4.98. The van der Waals surface area contributed by atoms with Crippen molar-refractivity contribution in [1.29, 1.82) is 0 Å². The van der Waals surface area contributed by atoms with Crippen LogP contribution >= 0.6 is 0 Å². The Kier molecular flexibility index (Phi) is 11.8. The van der Waals surface area contributed by atoms with Gasteiger partial charge in [0.15, 0.2) is 6.29 Å². The molecule has 152 valence electrons. The van der Waals surface area contributed by atoms with Gasteiger partial charge in [-0.1, -0.05) is 57.6 Å². The van der Waals surface area contributed by atoms with Gasteiger partial charge in [0.05, 0.1) is 18.3 Å². The molecule has 5 atom stereocenters. The molecule has 0 saturated carbocycles. The predicted molar refractivity (Wildman–Crippen MR) is 99.6 cm³/mol. The van der Waals surface area contributed by atoms with Gasteiger partial charge in [-0.2, -0.15) is 0 Å². The summed E-state index contributed by atoms with van der Waals surface area (Å²) in [5.74, 6) is -0.880. The van der Waals surface area contributed by atoms with Crippen molar-refractivity contribution in [3.05, 3.63) is 12.2 Å². The highest BCUT2D eigenvalue weighted by molar-refractivity contribution is 5.66. The van der Waals surface area contributed by atoms with Crippen LogP contribution in [0.3, 0.4) is 0 Å². The van der Waals surface area contributed by atoms with Gasteiger partial charge in [0.2, 0.25) is 0 Å². The molecule has 6 heteroatoms. The fourth-order valence-electron chi connectivity index (χ4n) is 3.43. The Morgan fingerprint density at radius 3 is 2.58 bits per heavy atom. The van der Waals surface area contributed by atoms with E-state index < -0.39 is 30.6 Å². The average molecular weight is 373 g/mol. The van der Waals surface area contributed by atoms with Crippen LogP contribution in [0.5, 0.6) is 0 Å². The molecule has 1 rings (SSSR count). The highest BCUT2D eigenvalue weighted by atomic mass is 16.6. The standard InChI is InChI=1S/C20H36O6/c1-2-3-6-9-15(21)12-13-18-16(17(22)14-20(25)26-18)10-7-4-5-8-11-19(23)24/h12-13,15-18,20-22,25H,2-11,14H2,1H3,(H,23,24)/t15?,16-,17?,18+,20?/m0/s1. The molecule has 6 nitrogen and oxygen atoms in total. The second kappa shape index (κ2) is 13.3. The Morgan fingerprint density at radius 1 is 1.15 bits per heavy atom. The van der Waals surface area contributed by atoms with Crippen LogP contribution < -0.4 is 0 Å². The normalized spacial score (nSPS) is 27.7. The molecule has 0 bridgehead atoms. The smallest absolute Gasteiger partial charge is 0.303 e. The zero-order valence-corrected chi connectivity index (χ0v) is 15.9. The molecule has 1 fully saturated rings. The second-order valence-corrected chi connectivity index (χ2v) is 7.32. The third-order valence-electron chi connectivity index (χ3n) is 4.98. The van der Waals surface area contributed by atoms with E-state index in [0.29, 0.717) is 12.8 Å². The van der Waals surface area contributed by atoms with Gasteiger partial charge < -0.3 is 25.2 Å². The minimum Gasteiger partial charge on any atom is -0.481 e. The number of ether oxygens (including phenoxy) is 1. The maximum absolute atomic E-state index is 10.5. The molecule has 3 unspecified atom stereocenters. The highest BCUT2D eigenvalue weighted by Crippen LogP contribution is 2.30. The molecule has 0 spiro atoms. The zero-order chi connectivity index (χ0) is 19.4. The summed E-state index contributed by atoms with van der Waals surface area (Å²) in [5, 5.41) is 38.7. The monoisotopic (exact) mass is 372 g/mol. The van der Waals surface area contributed by atoms with Crippen LogP contribution in [0.1, 0.15) is 77.6 Å². The van der Waals surface area contributed by atoms with Gasteiger partial charge in [-0.25, -0.2) is 0 Å². The Balaban J connectivity index is 2.44. The second-order valence-electron chi connectivity index (χ2n) is 7.32. The van der Waals surface area contributed by atoms with Crippen molar-refractivity contribution in [1.82, 2.24) is 0 Å². The van der Waals surface area contributed by atoms with E-state index in [1.807, 2.05) is 0 Å². The molecule has 0 amide bonds. The summed E-state index contributed by atoms with van der Waals surface area (Å²) in [4.78, 5) is 10.5. The van der Waals surface area contributed by atoms with E-state index in [4.69, 9.17) is 9.84 Å². The van der Waals surface area contributed by atoms with Crippen molar-refractivity contribution in [2.45, 2.75) is 102 Å². The molecule has 0 aliphatic carbocycles. The molecule has 4 N–H and O–H groups in total. The summed E-state index contributed by atoms with van der Waals surface area (Å²) in [6.45, 7) is 2.12. The Bertz CT molecular complexity index is 411. The quantitative estimate of drug-likeness (QED) is 0.292. The first kappa shape index (κ1) is 23.1. The first-order valence-electron chi connectivity index (χ1n) is 10.0. The summed E-state index contributed by atoms with van der Waals surface area (Å²) in [5.41, 5.74) is 0. The van der Waals surface area contributed by atoms with Crippen LogP contribution in [-0.2, 0) is 9.53 Å². The van der Waals surface area contributed by atoms with Crippen LogP contribution in [0.4, 0.5) is 0 Å². The average Bonchev–Trinajstić information content (AvgIpc) is 2.57. The number of aliphatic carboxylic acids is 1. The number of rotatable bonds is 13. The SMILES string of the molecule is CCCCCC(O)C=C[C@H]1OC(O)CC(O)[C@@H]1CCCCCCC(=O)O. The number of aliphatic hydroxyl groups is 3. The lowest BCUT2D eigenvalue weighted by Crippen LogP contribution is -2.43. The van der Waals surface area contributed by atoms with E-state index in [9.17, 15) is 20.1 Å². The van der Waals surface area contributed by atoms with Crippen LogP contribution in [0, 0.1) is 5.92 Å². The number of hydrogen-bond donors (Lipinski definition) is 4. The summed E-state index contributed by atoms with van der Waals surface area (Å²) in [7, 11) is 0. The Morgan fingerprint density at radius 2 is 1.88 bits per heavy atom. The van der Waals surface area contributed by atoms with Gasteiger partial charge in [-0.15, -0.1) is 0 Å². The van der Waals surface area contributed by atoms with Crippen molar-refractivity contribution in [2.75, 3.05) is 0 Å². The molecule has 0 radical (unpaired) electrons. The van der Waals surface area contributed by atoms with Crippen molar-refractivity contribution in [3.8, 4) is 0 Å². The maximum Gasteiger partial charge on any atom is 0.303 e.